The van der Waals surface area contributed by atoms with Gasteiger partial charge in [-0.25, -0.2) is 0 Å². The molecular weight excluding hydrogens is 392 g/mol. The zero-order valence-electron chi connectivity index (χ0n) is 20.8. The van der Waals surface area contributed by atoms with Gasteiger partial charge in [0.1, 0.15) is 0 Å². The summed E-state index contributed by atoms with van der Waals surface area (Å²) >= 11 is 0. The number of aromatic nitrogens is 2. The predicted molar refractivity (Wildman–Crippen MR) is 137 cm³/mol. The summed E-state index contributed by atoms with van der Waals surface area (Å²) in [5.74, 6) is 0. The van der Waals surface area contributed by atoms with Crippen LogP contribution >= 0.6 is 0 Å². The van der Waals surface area contributed by atoms with Gasteiger partial charge in [-0.05, 0) is 120 Å². The van der Waals surface area contributed by atoms with Gasteiger partial charge in [0.15, 0.2) is 0 Å². The van der Waals surface area contributed by atoms with E-state index in [9.17, 15) is 0 Å². The average molecular weight is 427 g/mol. The van der Waals surface area contributed by atoms with Crippen LogP contribution in [0.2, 0.25) is 0 Å². The number of hydrogen-bond donors (Lipinski definition) is 2. The third-order valence-electron chi connectivity index (χ3n) is 7.29. The Hall–Kier alpha value is -3.14. The standard InChI is InChI=1S/C28H34N4/c1-14-10-23(31-24(14)12-26-17(4)15(2)21(8)29-26)11-25-19(6)20(7)28(32-25)13-27-18(5)16(3)22(9)30-27/h10,12-13,30-31H,11H2,1-9H3/b26-12+,28-13+. The van der Waals surface area contributed by atoms with Crippen molar-refractivity contribution in [2.45, 2.75) is 68.7 Å². The Morgan fingerprint density at radius 3 is 1.91 bits per heavy atom. The molecule has 2 aromatic rings. The molecule has 0 saturated carbocycles. The number of aryl methyl sites for hydroxylation is 2. The van der Waals surface area contributed by atoms with Gasteiger partial charge in [0.25, 0.3) is 0 Å². The summed E-state index contributed by atoms with van der Waals surface area (Å²) in [6.45, 7) is 19.3. The van der Waals surface area contributed by atoms with E-state index in [2.05, 4.69) is 90.5 Å². The van der Waals surface area contributed by atoms with Gasteiger partial charge in [-0.15, -0.1) is 0 Å². The molecule has 0 aliphatic carbocycles. The van der Waals surface area contributed by atoms with Gasteiger partial charge in [0.2, 0.25) is 0 Å². The van der Waals surface area contributed by atoms with E-state index in [4.69, 9.17) is 9.98 Å². The van der Waals surface area contributed by atoms with Crippen LogP contribution in [0.5, 0.6) is 0 Å². The molecule has 0 saturated heterocycles. The second kappa shape index (κ2) is 8.09. The smallest absolute Gasteiger partial charge is 0.0686 e. The van der Waals surface area contributed by atoms with E-state index in [1.54, 1.807) is 0 Å². The molecule has 2 aromatic heterocycles. The van der Waals surface area contributed by atoms with E-state index < -0.39 is 0 Å². The van der Waals surface area contributed by atoms with Crippen molar-refractivity contribution >= 4 is 23.6 Å². The van der Waals surface area contributed by atoms with Crippen molar-refractivity contribution in [3.05, 3.63) is 79.2 Å². The lowest BCUT2D eigenvalue weighted by Crippen LogP contribution is -2.02. The van der Waals surface area contributed by atoms with Crippen LogP contribution in [-0.2, 0) is 6.42 Å². The maximum Gasteiger partial charge on any atom is 0.0686 e. The average Bonchev–Trinajstić information content (AvgIpc) is 3.38. The molecule has 0 radical (unpaired) electrons. The Balaban J connectivity index is 1.61. The third-order valence-corrected chi connectivity index (χ3v) is 7.29. The van der Waals surface area contributed by atoms with Crippen molar-refractivity contribution in [3.8, 4) is 0 Å². The molecule has 0 spiro atoms. The molecule has 0 atom stereocenters. The molecule has 0 aromatic carbocycles. The first-order valence-electron chi connectivity index (χ1n) is 11.3. The molecule has 166 valence electrons. The lowest BCUT2D eigenvalue weighted by Gasteiger charge is -2.01. The van der Waals surface area contributed by atoms with E-state index in [1.165, 1.54) is 50.4 Å². The normalized spacial score (nSPS) is 19.2. The predicted octanol–water partition coefficient (Wildman–Crippen LogP) is 7.10. The highest BCUT2D eigenvalue weighted by Gasteiger charge is 2.20. The third kappa shape index (κ3) is 3.79. The van der Waals surface area contributed by atoms with Gasteiger partial charge in [-0.2, -0.15) is 0 Å². The fourth-order valence-corrected chi connectivity index (χ4v) is 4.35. The summed E-state index contributed by atoms with van der Waals surface area (Å²) in [5.41, 5.74) is 17.9. The van der Waals surface area contributed by atoms with E-state index in [0.29, 0.717) is 0 Å². The molecule has 2 aliphatic heterocycles. The van der Waals surface area contributed by atoms with Gasteiger partial charge in [0.05, 0.1) is 17.1 Å². The highest BCUT2D eigenvalue weighted by Crippen LogP contribution is 2.31. The Labute approximate surface area is 191 Å². The molecule has 4 rings (SSSR count). The Bertz CT molecular complexity index is 1310. The molecule has 4 heterocycles. The molecule has 0 amide bonds. The first-order chi connectivity index (χ1) is 15.1. The number of hydrogen-bond acceptors (Lipinski definition) is 2. The maximum absolute atomic E-state index is 5.01. The Morgan fingerprint density at radius 1 is 0.688 bits per heavy atom. The number of nitrogens with zero attached hydrogens (tertiary/aromatic N) is 2. The van der Waals surface area contributed by atoms with E-state index in [-0.39, 0.29) is 0 Å². The van der Waals surface area contributed by atoms with Crippen molar-refractivity contribution < 1.29 is 0 Å². The van der Waals surface area contributed by atoms with Crippen LogP contribution in [0, 0.1) is 27.7 Å². The Kier molecular flexibility index (Phi) is 5.58. The monoisotopic (exact) mass is 426 g/mol. The van der Waals surface area contributed by atoms with Gasteiger partial charge in [-0.1, -0.05) is 0 Å². The van der Waals surface area contributed by atoms with Crippen molar-refractivity contribution in [2.75, 3.05) is 0 Å². The zero-order valence-corrected chi connectivity index (χ0v) is 20.8. The van der Waals surface area contributed by atoms with Crippen LogP contribution in [0.3, 0.4) is 0 Å². The van der Waals surface area contributed by atoms with E-state index in [1.807, 2.05) is 0 Å². The summed E-state index contributed by atoms with van der Waals surface area (Å²) in [4.78, 5) is 16.8. The van der Waals surface area contributed by atoms with Crippen LogP contribution < -0.4 is 0 Å². The molecule has 4 heteroatoms. The first kappa shape index (κ1) is 22.1. The molecule has 0 fully saturated rings. The van der Waals surface area contributed by atoms with Crippen LogP contribution in [0.25, 0.3) is 12.2 Å². The van der Waals surface area contributed by atoms with Crippen molar-refractivity contribution in [1.82, 2.24) is 9.97 Å². The summed E-state index contributed by atoms with van der Waals surface area (Å²) < 4.78 is 0. The minimum atomic E-state index is 0.794. The fourth-order valence-electron chi connectivity index (χ4n) is 4.35. The second-order valence-electron chi connectivity index (χ2n) is 9.30. The second-order valence-corrected chi connectivity index (χ2v) is 9.30. The zero-order chi connectivity index (χ0) is 23.3. The van der Waals surface area contributed by atoms with Crippen LogP contribution in [0.4, 0.5) is 0 Å². The van der Waals surface area contributed by atoms with Gasteiger partial charge < -0.3 is 9.97 Å². The summed E-state index contributed by atoms with van der Waals surface area (Å²) in [5, 5.41) is 0. The minimum Gasteiger partial charge on any atom is -0.359 e. The first-order valence-corrected chi connectivity index (χ1v) is 11.3. The SMILES string of the molecule is CC1=N/C(=C/c2[nH]c(CC3=N/C(=C/c4[nH]c(C)c(C)c4C)C(C)=C3C)cc2C)C(C)=C1C. The largest absolute Gasteiger partial charge is 0.359 e. The van der Waals surface area contributed by atoms with Gasteiger partial charge >= 0.3 is 0 Å². The van der Waals surface area contributed by atoms with E-state index in [0.717, 1.165) is 40.6 Å². The molecule has 2 N–H and O–H groups in total. The lowest BCUT2D eigenvalue weighted by atomic mass is 10.0. The number of H-pyrrole nitrogens is 2. The quantitative estimate of drug-likeness (QED) is 0.524. The molecule has 4 nitrogen and oxygen atoms in total. The highest BCUT2D eigenvalue weighted by atomic mass is 14.8. The highest BCUT2D eigenvalue weighted by molar-refractivity contribution is 6.06. The van der Waals surface area contributed by atoms with Crippen LogP contribution in [0.1, 0.15) is 74.1 Å². The molecule has 0 bridgehead atoms. The van der Waals surface area contributed by atoms with Crippen molar-refractivity contribution in [1.29, 1.82) is 0 Å². The summed E-state index contributed by atoms with van der Waals surface area (Å²) in [6, 6.07) is 2.23. The molecule has 2 aliphatic rings. The van der Waals surface area contributed by atoms with Gasteiger partial charge in [0, 0.05) is 34.9 Å². The van der Waals surface area contributed by atoms with Crippen molar-refractivity contribution in [3.63, 3.8) is 0 Å². The lowest BCUT2D eigenvalue weighted by molar-refractivity contribution is 1.17. The number of nitrogens with one attached hydrogen (secondary N) is 2. The maximum atomic E-state index is 5.01. The Morgan fingerprint density at radius 2 is 1.31 bits per heavy atom. The van der Waals surface area contributed by atoms with Crippen molar-refractivity contribution in [2.24, 2.45) is 9.98 Å². The summed E-state index contributed by atoms with van der Waals surface area (Å²) in [6.07, 6.45) is 5.15. The molecular formula is C28H34N4. The topological polar surface area (TPSA) is 56.3 Å². The fraction of sp³-hybridized carbons (Fsp3) is 0.357. The summed E-state index contributed by atoms with van der Waals surface area (Å²) in [7, 11) is 0. The number of rotatable bonds is 4. The number of allylic oxidation sites excluding steroid dienone is 4. The number of aliphatic imine (C=N–C) groups is 2. The molecule has 32 heavy (non-hydrogen) atoms. The van der Waals surface area contributed by atoms with Crippen LogP contribution in [-0.4, -0.2) is 21.4 Å². The molecule has 0 unspecified atom stereocenters. The minimum absolute atomic E-state index is 0.794. The van der Waals surface area contributed by atoms with Gasteiger partial charge in [-0.3, -0.25) is 9.98 Å². The number of aromatic amines is 2. The van der Waals surface area contributed by atoms with Crippen LogP contribution in [0.15, 0.2) is 49.7 Å². The van der Waals surface area contributed by atoms with E-state index >= 15 is 0 Å².